The molecule has 2 aromatic heterocycles. The molecule has 0 aliphatic heterocycles. The molecule has 0 fully saturated rings. The molecule has 0 aliphatic rings. The molecule has 7 heteroatoms. The second kappa shape index (κ2) is 9.85. The number of benzene rings is 2. The number of pyridine rings is 2. The lowest BCUT2D eigenvalue weighted by Gasteiger charge is -2.15. The van der Waals surface area contributed by atoms with E-state index in [-0.39, 0.29) is 5.91 Å². The molecule has 0 bridgehead atoms. The maximum absolute atomic E-state index is 12.7. The van der Waals surface area contributed by atoms with Gasteiger partial charge in [0.2, 0.25) is 0 Å². The molecule has 169 valence electrons. The highest BCUT2D eigenvalue weighted by molar-refractivity contribution is 6.35. The van der Waals surface area contributed by atoms with E-state index in [1.54, 1.807) is 42.7 Å². The number of rotatable bonds is 6. The van der Waals surface area contributed by atoms with Crippen LogP contribution < -0.4 is 10.1 Å². The quantitative estimate of drug-likeness (QED) is 0.348. The van der Waals surface area contributed by atoms with Crippen molar-refractivity contribution in [1.82, 2.24) is 9.97 Å². The van der Waals surface area contributed by atoms with Gasteiger partial charge in [-0.25, -0.2) is 0 Å². The van der Waals surface area contributed by atoms with Gasteiger partial charge in [-0.1, -0.05) is 35.9 Å². The number of aromatic nitrogens is 2. The molecule has 1 radical (unpaired) electrons. The van der Waals surface area contributed by atoms with Crippen LogP contribution in [-0.4, -0.2) is 29.3 Å². The number of hydrogen-bond donors (Lipinski definition) is 1. The molecule has 4 aromatic rings. The number of hydrogen-bond acceptors (Lipinski definition) is 5. The Bertz CT molecular complexity index is 1380. The standard InChI is InChI=1S/C27H21ClN3O3/c1-16-7-10-23(30-14-16)27(33)31-22-6-4-5-20(17(22)2)21-11-12-29-26(25(21)28)18-8-9-19(15-32)24(13-18)34-3/h4-15H,1H2,2-3H3,(H,31,33). The van der Waals surface area contributed by atoms with Crippen molar-refractivity contribution in [2.75, 3.05) is 12.4 Å². The van der Waals surface area contributed by atoms with Gasteiger partial charge < -0.3 is 10.1 Å². The van der Waals surface area contributed by atoms with Gasteiger partial charge in [-0.15, -0.1) is 0 Å². The minimum atomic E-state index is -0.316. The van der Waals surface area contributed by atoms with Crippen LogP contribution in [0.5, 0.6) is 5.75 Å². The molecule has 2 heterocycles. The van der Waals surface area contributed by atoms with E-state index < -0.39 is 0 Å². The van der Waals surface area contributed by atoms with E-state index in [9.17, 15) is 9.59 Å². The van der Waals surface area contributed by atoms with Gasteiger partial charge in [0, 0.05) is 29.2 Å². The monoisotopic (exact) mass is 470 g/mol. The normalized spacial score (nSPS) is 10.6. The zero-order chi connectivity index (χ0) is 24.2. The molecule has 0 saturated carbocycles. The van der Waals surface area contributed by atoms with Gasteiger partial charge in [0.25, 0.3) is 5.91 Å². The summed E-state index contributed by atoms with van der Waals surface area (Å²) < 4.78 is 5.32. The van der Waals surface area contributed by atoms with Crippen LogP contribution in [0, 0.1) is 13.8 Å². The molecule has 4 rings (SSSR count). The highest BCUT2D eigenvalue weighted by Crippen LogP contribution is 2.39. The van der Waals surface area contributed by atoms with Crippen LogP contribution in [0.2, 0.25) is 5.02 Å². The summed E-state index contributed by atoms with van der Waals surface area (Å²) in [6, 6.07) is 16.0. The van der Waals surface area contributed by atoms with Crippen molar-refractivity contribution in [2.24, 2.45) is 0 Å². The third kappa shape index (κ3) is 4.54. The van der Waals surface area contributed by atoms with Crippen molar-refractivity contribution >= 4 is 29.5 Å². The van der Waals surface area contributed by atoms with Crippen LogP contribution in [0.4, 0.5) is 5.69 Å². The van der Waals surface area contributed by atoms with Gasteiger partial charge >= 0.3 is 0 Å². The molecular weight excluding hydrogens is 450 g/mol. The molecule has 6 nitrogen and oxygen atoms in total. The Morgan fingerprint density at radius 3 is 2.62 bits per heavy atom. The number of aldehydes is 1. The summed E-state index contributed by atoms with van der Waals surface area (Å²) in [6.07, 6.45) is 3.96. The third-order valence-electron chi connectivity index (χ3n) is 5.45. The molecule has 0 saturated heterocycles. The molecular formula is C27H21ClN3O3. The zero-order valence-corrected chi connectivity index (χ0v) is 19.4. The Labute approximate surface area is 202 Å². The first-order chi connectivity index (χ1) is 16.4. The fraction of sp³-hybridized carbons (Fsp3) is 0.0741. The van der Waals surface area contributed by atoms with E-state index in [0.29, 0.717) is 33.4 Å². The SMILES string of the molecule is [CH2]c1ccc(C(=O)Nc2cccc(-c3ccnc(-c4ccc(C=O)c(OC)c4)c3Cl)c2C)nc1. The largest absolute Gasteiger partial charge is 0.496 e. The fourth-order valence-corrected chi connectivity index (χ4v) is 3.94. The topological polar surface area (TPSA) is 81.2 Å². The predicted molar refractivity (Wildman–Crippen MR) is 133 cm³/mol. The van der Waals surface area contributed by atoms with E-state index in [1.165, 1.54) is 7.11 Å². The minimum Gasteiger partial charge on any atom is -0.496 e. The van der Waals surface area contributed by atoms with Gasteiger partial charge in [0.05, 0.1) is 23.4 Å². The van der Waals surface area contributed by atoms with Crippen LogP contribution in [0.1, 0.15) is 32.0 Å². The lowest BCUT2D eigenvalue weighted by atomic mass is 9.97. The number of ether oxygens (including phenoxy) is 1. The highest BCUT2D eigenvalue weighted by atomic mass is 35.5. The Morgan fingerprint density at radius 1 is 1.09 bits per heavy atom. The van der Waals surface area contributed by atoms with Crippen molar-refractivity contribution in [2.45, 2.75) is 6.92 Å². The third-order valence-corrected chi connectivity index (χ3v) is 5.84. The maximum Gasteiger partial charge on any atom is 0.274 e. The molecule has 0 aliphatic carbocycles. The van der Waals surface area contributed by atoms with E-state index in [0.717, 1.165) is 34.1 Å². The van der Waals surface area contributed by atoms with Crippen molar-refractivity contribution in [3.63, 3.8) is 0 Å². The second-order valence-corrected chi connectivity index (χ2v) is 7.96. The van der Waals surface area contributed by atoms with Crippen molar-refractivity contribution in [3.8, 4) is 28.1 Å². The zero-order valence-electron chi connectivity index (χ0n) is 18.6. The van der Waals surface area contributed by atoms with Crippen LogP contribution in [0.3, 0.4) is 0 Å². The van der Waals surface area contributed by atoms with Crippen LogP contribution in [-0.2, 0) is 0 Å². The number of carbonyl (C=O) groups excluding carboxylic acids is 2. The molecule has 0 unspecified atom stereocenters. The lowest BCUT2D eigenvalue weighted by molar-refractivity contribution is 0.102. The molecule has 1 amide bonds. The lowest BCUT2D eigenvalue weighted by Crippen LogP contribution is -2.14. The number of halogens is 1. The summed E-state index contributed by atoms with van der Waals surface area (Å²) in [4.78, 5) is 32.5. The van der Waals surface area contributed by atoms with Crippen LogP contribution >= 0.6 is 11.6 Å². The highest BCUT2D eigenvalue weighted by Gasteiger charge is 2.17. The molecule has 1 N–H and O–H groups in total. The summed E-state index contributed by atoms with van der Waals surface area (Å²) >= 11 is 6.81. The molecule has 0 atom stereocenters. The van der Waals surface area contributed by atoms with Crippen molar-refractivity contribution in [3.05, 3.63) is 101 Å². The minimum absolute atomic E-state index is 0.300. The first-order valence-corrected chi connectivity index (χ1v) is 10.8. The summed E-state index contributed by atoms with van der Waals surface area (Å²) in [6.45, 7) is 5.70. The van der Waals surface area contributed by atoms with Gasteiger partial charge in [-0.05, 0) is 60.9 Å². The van der Waals surface area contributed by atoms with Crippen molar-refractivity contribution in [1.29, 1.82) is 0 Å². The van der Waals surface area contributed by atoms with Crippen LogP contribution in [0.15, 0.2) is 67.0 Å². The number of nitrogens with one attached hydrogen (secondary N) is 1. The van der Waals surface area contributed by atoms with E-state index in [4.69, 9.17) is 16.3 Å². The molecule has 0 spiro atoms. The number of nitrogens with zero attached hydrogens (tertiary/aromatic N) is 2. The first-order valence-electron chi connectivity index (χ1n) is 10.4. The number of amides is 1. The van der Waals surface area contributed by atoms with E-state index >= 15 is 0 Å². The van der Waals surface area contributed by atoms with Crippen molar-refractivity contribution < 1.29 is 14.3 Å². The van der Waals surface area contributed by atoms with Gasteiger partial charge in [-0.3, -0.25) is 19.6 Å². The average molecular weight is 471 g/mol. The van der Waals surface area contributed by atoms with Gasteiger partial charge in [0.15, 0.2) is 6.29 Å². The second-order valence-electron chi connectivity index (χ2n) is 7.58. The summed E-state index contributed by atoms with van der Waals surface area (Å²) in [7, 11) is 1.50. The number of methoxy groups -OCH3 is 1. The van der Waals surface area contributed by atoms with Gasteiger partial charge in [0.1, 0.15) is 11.4 Å². The Kier molecular flexibility index (Phi) is 6.70. The van der Waals surface area contributed by atoms with Gasteiger partial charge in [-0.2, -0.15) is 0 Å². The maximum atomic E-state index is 12.7. The molecule has 2 aromatic carbocycles. The average Bonchev–Trinajstić information content (AvgIpc) is 2.85. The molecule has 34 heavy (non-hydrogen) atoms. The van der Waals surface area contributed by atoms with Crippen LogP contribution in [0.25, 0.3) is 22.4 Å². The number of anilines is 1. The smallest absolute Gasteiger partial charge is 0.274 e. The first kappa shape index (κ1) is 23.1. The Morgan fingerprint density at radius 2 is 1.91 bits per heavy atom. The summed E-state index contributed by atoms with van der Waals surface area (Å²) in [5.41, 5.74) is 5.86. The van der Waals surface area contributed by atoms with E-state index in [2.05, 4.69) is 22.2 Å². The summed E-state index contributed by atoms with van der Waals surface area (Å²) in [5, 5.41) is 3.37. The van der Waals surface area contributed by atoms with E-state index in [1.807, 2.05) is 31.2 Å². The number of carbonyl (C=O) groups is 2. The summed E-state index contributed by atoms with van der Waals surface area (Å²) in [5.74, 6) is 0.126. The predicted octanol–water partition coefficient (Wildman–Crippen LogP) is 6.03. The Balaban J connectivity index is 1.71. The Hall–Kier alpha value is -4.03. The fourth-order valence-electron chi connectivity index (χ4n) is 3.62.